The van der Waals surface area contributed by atoms with Crippen LogP contribution in [0.15, 0.2) is 212 Å². The van der Waals surface area contributed by atoms with Gasteiger partial charge in [0.25, 0.3) is 0 Å². The van der Waals surface area contributed by atoms with Crippen molar-refractivity contribution in [2.45, 2.75) is 0 Å². The summed E-state index contributed by atoms with van der Waals surface area (Å²) in [6, 6.07) is 73.6. The molecule has 54 heavy (non-hydrogen) atoms. The number of nitrogens with zero attached hydrogens (tertiary/aromatic N) is 3. The van der Waals surface area contributed by atoms with Crippen LogP contribution >= 0.6 is 0 Å². The molecule has 0 saturated carbocycles. The van der Waals surface area contributed by atoms with Crippen LogP contribution in [-0.4, -0.2) is 4.98 Å². The largest absolute Gasteiger partial charge is 0.310 e. The van der Waals surface area contributed by atoms with Gasteiger partial charge in [-0.2, -0.15) is 0 Å². The maximum Gasteiger partial charge on any atom is 0.0703 e. The molecule has 0 fully saturated rings. The van der Waals surface area contributed by atoms with Gasteiger partial charge in [0.05, 0.1) is 29.0 Å². The third-order valence-electron chi connectivity index (χ3n) is 10.4. The van der Waals surface area contributed by atoms with Crippen molar-refractivity contribution in [1.29, 1.82) is 0 Å². The van der Waals surface area contributed by atoms with Crippen molar-refractivity contribution in [1.82, 2.24) is 4.98 Å². The first-order valence-corrected chi connectivity index (χ1v) is 18.4. The van der Waals surface area contributed by atoms with Gasteiger partial charge >= 0.3 is 0 Å². The monoisotopic (exact) mass is 689 g/mol. The van der Waals surface area contributed by atoms with E-state index in [2.05, 4.69) is 216 Å². The predicted molar refractivity (Wildman–Crippen MR) is 229 cm³/mol. The summed E-state index contributed by atoms with van der Waals surface area (Å²) in [5.74, 6) is 0. The van der Waals surface area contributed by atoms with Crippen LogP contribution in [0.4, 0.5) is 34.1 Å². The molecule has 1 heterocycles. The third kappa shape index (κ3) is 5.60. The van der Waals surface area contributed by atoms with Gasteiger partial charge < -0.3 is 9.80 Å². The van der Waals surface area contributed by atoms with E-state index in [-0.39, 0.29) is 0 Å². The fourth-order valence-electron chi connectivity index (χ4n) is 7.86. The molecule has 0 bridgehead atoms. The Kier molecular flexibility index (Phi) is 7.81. The summed E-state index contributed by atoms with van der Waals surface area (Å²) in [7, 11) is 0. The van der Waals surface area contributed by atoms with E-state index in [1.807, 2.05) is 6.20 Å². The fourth-order valence-corrected chi connectivity index (χ4v) is 7.86. The highest BCUT2D eigenvalue weighted by molar-refractivity contribution is 6.10. The second kappa shape index (κ2) is 13.4. The molecule has 0 unspecified atom stereocenters. The second-order valence-corrected chi connectivity index (χ2v) is 13.6. The molecule has 0 aliphatic rings. The summed E-state index contributed by atoms with van der Waals surface area (Å²) in [6.07, 6.45) is 1.99. The number of benzene rings is 9. The van der Waals surface area contributed by atoms with E-state index in [1.165, 1.54) is 43.1 Å². The van der Waals surface area contributed by atoms with Crippen LogP contribution in [0.5, 0.6) is 0 Å². The van der Waals surface area contributed by atoms with Crippen molar-refractivity contribution in [2.75, 3.05) is 9.80 Å². The Morgan fingerprint density at radius 2 is 0.796 bits per heavy atom. The molecular weight excluding hydrogens is 655 g/mol. The van der Waals surface area contributed by atoms with Crippen LogP contribution in [-0.2, 0) is 0 Å². The van der Waals surface area contributed by atoms with Gasteiger partial charge in [0, 0.05) is 33.4 Å². The maximum atomic E-state index is 5.03. The highest BCUT2D eigenvalue weighted by Crippen LogP contribution is 2.42. The van der Waals surface area contributed by atoms with Gasteiger partial charge in [0.15, 0.2) is 0 Å². The fraction of sp³-hybridized carbons (Fsp3) is 0. The smallest absolute Gasteiger partial charge is 0.0703 e. The van der Waals surface area contributed by atoms with E-state index in [9.17, 15) is 0 Å². The van der Waals surface area contributed by atoms with Crippen molar-refractivity contribution in [3.05, 3.63) is 212 Å². The zero-order valence-electron chi connectivity index (χ0n) is 29.5. The van der Waals surface area contributed by atoms with Crippen LogP contribution < -0.4 is 9.80 Å². The van der Waals surface area contributed by atoms with Crippen LogP contribution in [0.25, 0.3) is 54.3 Å². The Morgan fingerprint density at radius 3 is 1.39 bits per heavy atom. The number of fused-ring (bicyclic) bond motifs is 5. The van der Waals surface area contributed by atoms with Crippen LogP contribution in [0.1, 0.15) is 0 Å². The van der Waals surface area contributed by atoms with Crippen molar-refractivity contribution >= 4 is 77.2 Å². The summed E-state index contributed by atoms with van der Waals surface area (Å²) in [5, 5.41) is 9.69. The van der Waals surface area contributed by atoms with E-state index in [1.54, 1.807) is 0 Å². The van der Waals surface area contributed by atoms with Crippen molar-refractivity contribution in [3.63, 3.8) is 0 Å². The number of hydrogen-bond donors (Lipinski definition) is 0. The number of anilines is 6. The zero-order valence-corrected chi connectivity index (χ0v) is 29.5. The molecule has 0 amide bonds. The lowest BCUT2D eigenvalue weighted by atomic mass is 9.98. The summed E-state index contributed by atoms with van der Waals surface area (Å²) in [5.41, 5.74) is 8.66. The molecule has 0 saturated heterocycles. The minimum absolute atomic E-state index is 0.940. The molecule has 0 aliphatic heterocycles. The van der Waals surface area contributed by atoms with E-state index in [4.69, 9.17) is 4.98 Å². The molecule has 0 radical (unpaired) electrons. The van der Waals surface area contributed by atoms with E-state index in [0.29, 0.717) is 0 Å². The molecule has 0 atom stereocenters. The van der Waals surface area contributed by atoms with Crippen molar-refractivity contribution in [3.8, 4) is 11.3 Å². The van der Waals surface area contributed by atoms with Crippen LogP contribution in [0.2, 0.25) is 0 Å². The van der Waals surface area contributed by atoms with Crippen LogP contribution in [0, 0.1) is 0 Å². The summed E-state index contributed by atoms with van der Waals surface area (Å²) in [4.78, 5) is 9.69. The first-order valence-electron chi connectivity index (χ1n) is 18.4. The first kappa shape index (κ1) is 31.5. The molecule has 3 nitrogen and oxygen atoms in total. The summed E-state index contributed by atoms with van der Waals surface area (Å²) in [6.45, 7) is 0. The molecule has 0 N–H and O–H groups in total. The molecule has 10 aromatic rings. The van der Waals surface area contributed by atoms with E-state index < -0.39 is 0 Å². The lowest BCUT2D eigenvalue weighted by Gasteiger charge is -2.27. The number of pyridine rings is 1. The van der Waals surface area contributed by atoms with Gasteiger partial charge in [-0.05, 0) is 99.0 Å². The SMILES string of the molecule is c1ccc(N(c2ccc(-c3ccc4c(ccc5cc(N(c6ccccc6)c6cccc7ccccc67)ccc54)c3)nc2)c2cccc3ccccc23)cc1. The quantitative estimate of drug-likeness (QED) is 0.155. The number of aromatic nitrogens is 1. The van der Waals surface area contributed by atoms with E-state index >= 15 is 0 Å². The third-order valence-corrected chi connectivity index (χ3v) is 10.4. The average molecular weight is 690 g/mol. The van der Waals surface area contributed by atoms with Gasteiger partial charge in [0.1, 0.15) is 0 Å². The van der Waals surface area contributed by atoms with E-state index in [0.717, 1.165) is 45.4 Å². The maximum absolute atomic E-state index is 5.03. The van der Waals surface area contributed by atoms with Crippen molar-refractivity contribution < 1.29 is 0 Å². The Labute approximate surface area is 314 Å². The minimum Gasteiger partial charge on any atom is -0.310 e. The number of rotatable bonds is 7. The Balaban J connectivity index is 1.01. The van der Waals surface area contributed by atoms with Gasteiger partial charge in [-0.1, -0.05) is 140 Å². The lowest BCUT2D eigenvalue weighted by molar-refractivity contribution is 1.24. The van der Waals surface area contributed by atoms with Gasteiger partial charge in [-0.25, -0.2) is 0 Å². The molecule has 0 spiro atoms. The van der Waals surface area contributed by atoms with Gasteiger partial charge in [-0.3, -0.25) is 4.98 Å². The summed E-state index contributed by atoms with van der Waals surface area (Å²) < 4.78 is 0. The molecule has 3 heteroatoms. The van der Waals surface area contributed by atoms with Crippen LogP contribution in [0.3, 0.4) is 0 Å². The van der Waals surface area contributed by atoms with Crippen molar-refractivity contribution in [2.24, 2.45) is 0 Å². The highest BCUT2D eigenvalue weighted by Gasteiger charge is 2.18. The number of para-hydroxylation sites is 2. The second-order valence-electron chi connectivity index (χ2n) is 13.6. The first-order chi connectivity index (χ1) is 26.8. The molecule has 9 aromatic carbocycles. The molecular formula is C51H35N3. The Bertz CT molecular complexity index is 2930. The van der Waals surface area contributed by atoms with Gasteiger partial charge in [0.2, 0.25) is 0 Å². The minimum atomic E-state index is 0.940. The Morgan fingerprint density at radius 1 is 0.296 bits per heavy atom. The predicted octanol–water partition coefficient (Wildman–Crippen LogP) is 14.3. The molecule has 10 rings (SSSR count). The van der Waals surface area contributed by atoms with Gasteiger partial charge in [-0.15, -0.1) is 0 Å². The zero-order chi connectivity index (χ0) is 35.8. The topological polar surface area (TPSA) is 19.4 Å². The molecule has 1 aromatic heterocycles. The highest BCUT2D eigenvalue weighted by atomic mass is 15.2. The lowest BCUT2D eigenvalue weighted by Crippen LogP contribution is -2.10. The Hall–Kier alpha value is -7.23. The normalized spacial score (nSPS) is 11.3. The average Bonchev–Trinajstić information content (AvgIpc) is 3.25. The molecule has 0 aliphatic carbocycles. The molecule has 254 valence electrons. The number of hydrogen-bond acceptors (Lipinski definition) is 3. The summed E-state index contributed by atoms with van der Waals surface area (Å²) >= 11 is 0. The standard InChI is InChI=1S/C51H35N3/c1-3-17-41(18-4-1)53(50-23-11-15-36-13-7-9-21-47(36)50)43-28-31-46-39(34-43)26-25-38-33-40(27-30-45(38)46)49-32-29-44(35-52-49)54(42-19-5-2-6-20-42)51-24-12-16-37-14-8-10-22-48(37)51/h1-35H.